The second kappa shape index (κ2) is 8.33. The lowest BCUT2D eigenvalue weighted by Crippen LogP contribution is -2.37. The summed E-state index contributed by atoms with van der Waals surface area (Å²) in [5.74, 6) is 0.192. The van der Waals surface area contributed by atoms with Gasteiger partial charge in [-0.25, -0.2) is 0 Å². The molecular formula is C20H24N2O3. The number of rotatable bonds is 6. The lowest BCUT2D eigenvalue weighted by atomic mass is 10.1. The van der Waals surface area contributed by atoms with Crippen LogP contribution in [0.15, 0.2) is 42.5 Å². The van der Waals surface area contributed by atoms with Gasteiger partial charge in [0.2, 0.25) is 5.91 Å². The van der Waals surface area contributed by atoms with Crippen LogP contribution in [0.2, 0.25) is 0 Å². The van der Waals surface area contributed by atoms with E-state index in [1.54, 1.807) is 7.05 Å². The number of amides is 2. The van der Waals surface area contributed by atoms with E-state index >= 15 is 0 Å². The van der Waals surface area contributed by atoms with Gasteiger partial charge in [0.25, 0.3) is 5.91 Å². The van der Waals surface area contributed by atoms with E-state index in [0.717, 1.165) is 16.7 Å². The van der Waals surface area contributed by atoms with Gasteiger partial charge in [-0.3, -0.25) is 9.59 Å². The van der Waals surface area contributed by atoms with Gasteiger partial charge in [0.1, 0.15) is 5.75 Å². The van der Waals surface area contributed by atoms with E-state index in [4.69, 9.17) is 4.74 Å². The van der Waals surface area contributed by atoms with Crippen molar-refractivity contribution in [2.24, 2.45) is 0 Å². The molecule has 0 heterocycles. The van der Waals surface area contributed by atoms with Gasteiger partial charge < -0.3 is 15.0 Å². The Kier molecular flexibility index (Phi) is 6.17. The molecule has 2 aromatic rings. The summed E-state index contributed by atoms with van der Waals surface area (Å²) in [6.07, 6.45) is 0. The zero-order valence-electron chi connectivity index (χ0n) is 15.1. The quantitative estimate of drug-likeness (QED) is 0.879. The molecule has 0 bridgehead atoms. The van der Waals surface area contributed by atoms with E-state index in [1.165, 1.54) is 4.90 Å². The molecule has 0 radical (unpaired) electrons. The Hall–Kier alpha value is -2.82. The van der Waals surface area contributed by atoms with Crippen LogP contribution in [0.3, 0.4) is 0 Å². The first kappa shape index (κ1) is 18.5. The average molecular weight is 340 g/mol. The summed E-state index contributed by atoms with van der Waals surface area (Å²) in [6, 6.07) is 13.2. The summed E-state index contributed by atoms with van der Waals surface area (Å²) in [5, 5.41) is 2.77. The molecule has 1 N–H and O–H groups in total. The molecular weight excluding hydrogens is 316 g/mol. The molecule has 0 fully saturated rings. The molecule has 0 unspecified atom stereocenters. The van der Waals surface area contributed by atoms with Crippen molar-refractivity contribution < 1.29 is 14.3 Å². The van der Waals surface area contributed by atoms with Gasteiger partial charge in [0.05, 0.1) is 6.54 Å². The SMILES string of the molecule is Cc1ccc(NC(=O)CN(C)C(=O)COc2cccc(C)c2C)cc1. The molecule has 0 spiro atoms. The van der Waals surface area contributed by atoms with Crippen molar-refractivity contribution in [3.63, 3.8) is 0 Å². The number of benzene rings is 2. The summed E-state index contributed by atoms with van der Waals surface area (Å²) < 4.78 is 5.59. The van der Waals surface area contributed by atoms with Gasteiger partial charge in [0, 0.05) is 12.7 Å². The molecule has 132 valence electrons. The number of aryl methyl sites for hydroxylation is 2. The van der Waals surface area contributed by atoms with Crippen LogP contribution in [0.5, 0.6) is 5.75 Å². The Morgan fingerprint density at radius 2 is 1.72 bits per heavy atom. The largest absolute Gasteiger partial charge is 0.483 e. The molecule has 0 saturated heterocycles. The second-order valence-corrected chi connectivity index (χ2v) is 6.15. The lowest BCUT2D eigenvalue weighted by molar-refractivity contribution is -0.135. The topological polar surface area (TPSA) is 58.6 Å². The molecule has 0 atom stereocenters. The second-order valence-electron chi connectivity index (χ2n) is 6.15. The van der Waals surface area contributed by atoms with Gasteiger partial charge in [-0.2, -0.15) is 0 Å². The van der Waals surface area contributed by atoms with E-state index in [9.17, 15) is 9.59 Å². The fourth-order valence-electron chi connectivity index (χ4n) is 2.27. The number of likely N-dealkylation sites (N-methyl/N-ethyl adjacent to an activating group) is 1. The van der Waals surface area contributed by atoms with E-state index in [0.29, 0.717) is 11.4 Å². The van der Waals surface area contributed by atoms with E-state index in [-0.39, 0.29) is 25.0 Å². The predicted octanol–water partition coefficient (Wildman–Crippen LogP) is 3.09. The van der Waals surface area contributed by atoms with E-state index < -0.39 is 0 Å². The monoisotopic (exact) mass is 340 g/mol. The van der Waals surface area contributed by atoms with Crippen molar-refractivity contribution in [3.05, 3.63) is 59.2 Å². The number of ether oxygens (including phenoxy) is 1. The highest BCUT2D eigenvalue weighted by molar-refractivity contribution is 5.94. The molecule has 2 aromatic carbocycles. The summed E-state index contributed by atoms with van der Waals surface area (Å²) in [6.45, 7) is 5.80. The predicted molar refractivity (Wildman–Crippen MR) is 98.9 cm³/mol. The summed E-state index contributed by atoms with van der Waals surface area (Å²) in [4.78, 5) is 25.6. The normalized spacial score (nSPS) is 10.2. The number of hydrogen-bond acceptors (Lipinski definition) is 3. The van der Waals surface area contributed by atoms with Crippen LogP contribution in [0, 0.1) is 20.8 Å². The van der Waals surface area contributed by atoms with E-state index in [1.807, 2.05) is 63.2 Å². The number of anilines is 1. The van der Waals surface area contributed by atoms with Crippen LogP contribution in [0.25, 0.3) is 0 Å². The Bertz CT molecular complexity index is 754. The first-order chi connectivity index (χ1) is 11.9. The maximum atomic E-state index is 12.2. The van der Waals surface area contributed by atoms with Crippen molar-refractivity contribution in [1.82, 2.24) is 4.90 Å². The molecule has 5 nitrogen and oxygen atoms in total. The van der Waals surface area contributed by atoms with Crippen LogP contribution in [-0.4, -0.2) is 36.9 Å². The van der Waals surface area contributed by atoms with E-state index in [2.05, 4.69) is 5.32 Å². The first-order valence-electron chi connectivity index (χ1n) is 8.16. The zero-order chi connectivity index (χ0) is 18.4. The minimum atomic E-state index is -0.250. The van der Waals surface area contributed by atoms with Crippen molar-refractivity contribution >= 4 is 17.5 Å². The number of hydrogen-bond donors (Lipinski definition) is 1. The number of carbonyl (C=O) groups is 2. The van der Waals surface area contributed by atoms with Crippen LogP contribution < -0.4 is 10.1 Å². The van der Waals surface area contributed by atoms with Gasteiger partial charge in [-0.1, -0.05) is 29.8 Å². The standard InChI is InChI=1S/C20H24N2O3/c1-14-8-10-17(11-9-14)21-19(23)12-22(4)20(24)13-25-18-7-5-6-15(2)16(18)3/h5-11H,12-13H2,1-4H3,(H,21,23). The Balaban J connectivity index is 1.84. The highest BCUT2D eigenvalue weighted by Gasteiger charge is 2.14. The molecule has 0 aliphatic heterocycles. The molecule has 2 amide bonds. The van der Waals surface area contributed by atoms with Crippen LogP contribution >= 0.6 is 0 Å². The third-order valence-corrected chi connectivity index (χ3v) is 4.05. The third kappa shape index (κ3) is 5.35. The lowest BCUT2D eigenvalue weighted by Gasteiger charge is -2.18. The van der Waals surface area contributed by atoms with Crippen LogP contribution in [0.4, 0.5) is 5.69 Å². The average Bonchev–Trinajstić information content (AvgIpc) is 2.58. The highest BCUT2D eigenvalue weighted by atomic mass is 16.5. The Labute approximate surface area is 148 Å². The van der Waals surface area contributed by atoms with Crippen LogP contribution in [0.1, 0.15) is 16.7 Å². The Morgan fingerprint density at radius 3 is 2.40 bits per heavy atom. The highest BCUT2D eigenvalue weighted by Crippen LogP contribution is 2.20. The fraction of sp³-hybridized carbons (Fsp3) is 0.300. The summed E-state index contributed by atoms with van der Waals surface area (Å²) in [5.41, 5.74) is 3.95. The van der Waals surface area contributed by atoms with Crippen molar-refractivity contribution in [2.75, 3.05) is 25.5 Å². The molecule has 0 aliphatic carbocycles. The summed E-state index contributed by atoms with van der Waals surface area (Å²) in [7, 11) is 1.59. The van der Waals surface area contributed by atoms with Gasteiger partial charge >= 0.3 is 0 Å². The van der Waals surface area contributed by atoms with Crippen LogP contribution in [-0.2, 0) is 9.59 Å². The zero-order valence-corrected chi connectivity index (χ0v) is 15.1. The summed E-state index contributed by atoms with van der Waals surface area (Å²) >= 11 is 0. The third-order valence-electron chi connectivity index (χ3n) is 4.05. The van der Waals surface area contributed by atoms with Crippen molar-refractivity contribution in [2.45, 2.75) is 20.8 Å². The Morgan fingerprint density at radius 1 is 1.04 bits per heavy atom. The molecule has 5 heteroatoms. The van der Waals surface area contributed by atoms with Gasteiger partial charge in [-0.15, -0.1) is 0 Å². The number of nitrogens with zero attached hydrogens (tertiary/aromatic N) is 1. The molecule has 0 aromatic heterocycles. The maximum Gasteiger partial charge on any atom is 0.260 e. The number of carbonyl (C=O) groups excluding carboxylic acids is 2. The van der Waals surface area contributed by atoms with Crippen molar-refractivity contribution in [1.29, 1.82) is 0 Å². The minimum Gasteiger partial charge on any atom is -0.483 e. The fourth-order valence-corrected chi connectivity index (χ4v) is 2.27. The van der Waals surface area contributed by atoms with Gasteiger partial charge in [-0.05, 0) is 50.1 Å². The molecule has 0 aliphatic rings. The maximum absolute atomic E-state index is 12.2. The number of nitrogens with one attached hydrogen (secondary N) is 1. The van der Waals surface area contributed by atoms with Gasteiger partial charge in [0.15, 0.2) is 6.61 Å². The molecule has 2 rings (SSSR count). The molecule has 0 saturated carbocycles. The first-order valence-corrected chi connectivity index (χ1v) is 8.16. The molecule has 25 heavy (non-hydrogen) atoms. The smallest absolute Gasteiger partial charge is 0.260 e. The van der Waals surface area contributed by atoms with Crippen molar-refractivity contribution in [3.8, 4) is 5.75 Å². The minimum absolute atomic E-state index is 0.0249.